The Hall–Kier alpha value is -1.36. The number of hydrogen-bond donors (Lipinski definition) is 0. The molecule has 66 valence electrons. The van der Waals surface area contributed by atoms with Crippen LogP contribution in [0.4, 0.5) is 0 Å². The van der Waals surface area contributed by atoms with Gasteiger partial charge in [-0.1, -0.05) is 0 Å². The predicted octanol–water partition coefficient (Wildman–Crippen LogP) is 2.12. The first-order chi connectivity index (χ1) is 6.34. The van der Waals surface area contributed by atoms with E-state index in [1.165, 1.54) is 4.79 Å². The molecule has 2 heterocycles. The van der Waals surface area contributed by atoms with Gasteiger partial charge in [0.15, 0.2) is 0 Å². The zero-order chi connectivity index (χ0) is 9.10. The van der Waals surface area contributed by atoms with Gasteiger partial charge in [0.05, 0.1) is 29.3 Å². The number of nitrogens with zero attached hydrogens (tertiary/aromatic N) is 3. The summed E-state index contributed by atoms with van der Waals surface area (Å²) in [5.41, 5.74) is 0. The molecule has 0 bridgehead atoms. The minimum Gasteiger partial charge on any atom is -0.463 e. The Morgan fingerprint density at radius 3 is 3.15 bits per heavy atom. The van der Waals surface area contributed by atoms with Crippen LogP contribution in [0.5, 0.6) is 0 Å². The molecule has 0 aliphatic carbocycles. The van der Waals surface area contributed by atoms with Gasteiger partial charge in [-0.15, -0.1) is 0 Å². The van der Waals surface area contributed by atoms with Gasteiger partial charge in [-0.3, -0.25) is 0 Å². The lowest BCUT2D eigenvalue weighted by atomic mass is 10.5. The number of aromatic nitrogens is 2. The van der Waals surface area contributed by atoms with Crippen molar-refractivity contribution in [1.82, 2.24) is 9.89 Å². The molecular formula is C8H6BrN3O. The number of rotatable bonds is 2. The summed E-state index contributed by atoms with van der Waals surface area (Å²) in [6.07, 6.45) is 6.61. The van der Waals surface area contributed by atoms with E-state index >= 15 is 0 Å². The molecule has 0 spiro atoms. The molecule has 0 radical (unpaired) electrons. The summed E-state index contributed by atoms with van der Waals surface area (Å²) in [5.74, 6) is 0.701. The maximum absolute atomic E-state index is 5.06. The SMILES string of the molecule is Brc1cnn(/N=C/c2ccco2)c1. The highest BCUT2D eigenvalue weighted by atomic mass is 79.9. The monoisotopic (exact) mass is 239 g/mol. The molecule has 2 aromatic rings. The Bertz CT molecular complexity index is 405. The van der Waals surface area contributed by atoms with E-state index in [1.54, 1.807) is 30.9 Å². The smallest absolute Gasteiger partial charge is 0.146 e. The molecule has 0 saturated heterocycles. The minimum atomic E-state index is 0.701. The third-order valence-corrected chi connectivity index (χ3v) is 1.79. The van der Waals surface area contributed by atoms with Crippen LogP contribution < -0.4 is 0 Å². The van der Waals surface area contributed by atoms with Gasteiger partial charge < -0.3 is 4.42 Å². The minimum absolute atomic E-state index is 0.701. The number of hydrogen-bond acceptors (Lipinski definition) is 3. The Kier molecular flexibility index (Phi) is 2.27. The second-order valence-corrected chi connectivity index (χ2v) is 3.25. The Morgan fingerprint density at radius 2 is 2.54 bits per heavy atom. The van der Waals surface area contributed by atoms with Crippen molar-refractivity contribution in [2.45, 2.75) is 0 Å². The largest absolute Gasteiger partial charge is 0.463 e. The maximum Gasteiger partial charge on any atom is 0.146 e. The van der Waals surface area contributed by atoms with Crippen molar-refractivity contribution >= 4 is 22.1 Å². The van der Waals surface area contributed by atoms with Crippen LogP contribution in [0.25, 0.3) is 0 Å². The van der Waals surface area contributed by atoms with Crippen molar-refractivity contribution in [3.63, 3.8) is 0 Å². The topological polar surface area (TPSA) is 43.3 Å². The third kappa shape index (κ3) is 2.06. The van der Waals surface area contributed by atoms with Gasteiger partial charge in [-0.2, -0.15) is 15.0 Å². The van der Waals surface area contributed by atoms with Crippen molar-refractivity contribution in [2.75, 3.05) is 0 Å². The van der Waals surface area contributed by atoms with Gasteiger partial charge in [0.25, 0.3) is 0 Å². The molecule has 0 saturated carbocycles. The summed E-state index contributed by atoms with van der Waals surface area (Å²) in [6, 6.07) is 3.63. The highest BCUT2D eigenvalue weighted by Crippen LogP contribution is 2.05. The molecule has 4 nitrogen and oxygen atoms in total. The first-order valence-electron chi connectivity index (χ1n) is 3.62. The fraction of sp³-hybridized carbons (Fsp3) is 0. The van der Waals surface area contributed by atoms with E-state index in [4.69, 9.17) is 4.42 Å². The summed E-state index contributed by atoms with van der Waals surface area (Å²) < 4.78 is 5.95. The summed E-state index contributed by atoms with van der Waals surface area (Å²) in [4.78, 5) is 1.45. The van der Waals surface area contributed by atoms with E-state index in [-0.39, 0.29) is 0 Å². The van der Waals surface area contributed by atoms with Gasteiger partial charge in [-0.25, -0.2) is 0 Å². The van der Waals surface area contributed by atoms with Crippen molar-refractivity contribution in [3.05, 3.63) is 41.0 Å². The molecule has 0 amide bonds. The van der Waals surface area contributed by atoms with Gasteiger partial charge in [0, 0.05) is 0 Å². The van der Waals surface area contributed by atoms with Crippen LogP contribution in [0.15, 0.2) is 44.8 Å². The third-order valence-electron chi connectivity index (χ3n) is 1.38. The van der Waals surface area contributed by atoms with Gasteiger partial charge in [-0.05, 0) is 28.1 Å². The van der Waals surface area contributed by atoms with E-state index in [9.17, 15) is 0 Å². The molecule has 0 fully saturated rings. The van der Waals surface area contributed by atoms with Crippen LogP contribution in [0.1, 0.15) is 5.76 Å². The predicted molar refractivity (Wildman–Crippen MR) is 51.6 cm³/mol. The zero-order valence-electron chi connectivity index (χ0n) is 6.59. The molecule has 13 heavy (non-hydrogen) atoms. The van der Waals surface area contributed by atoms with Crippen LogP contribution >= 0.6 is 15.9 Å². The molecule has 2 aromatic heterocycles. The van der Waals surface area contributed by atoms with Crippen molar-refractivity contribution < 1.29 is 4.42 Å². The molecule has 0 aromatic carbocycles. The molecule has 0 aliphatic heterocycles. The van der Waals surface area contributed by atoms with E-state index in [1.807, 2.05) is 6.07 Å². The van der Waals surface area contributed by atoms with E-state index < -0.39 is 0 Å². The lowest BCUT2D eigenvalue weighted by Gasteiger charge is -1.86. The number of furan rings is 1. The van der Waals surface area contributed by atoms with Crippen LogP contribution in [-0.2, 0) is 0 Å². The fourth-order valence-corrected chi connectivity index (χ4v) is 1.11. The highest BCUT2D eigenvalue weighted by Gasteiger charge is 1.91. The summed E-state index contributed by atoms with van der Waals surface area (Å²) >= 11 is 3.27. The Balaban J connectivity index is 2.14. The highest BCUT2D eigenvalue weighted by molar-refractivity contribution is 9.10. The van der Waals surface area contributed by atoms with E-state index in [0.29, 0.717) is 5.76 Å². The molecule has 0 aliphatic rings. The summed E-state index contributed by atoms with van der Waals surface area (Å²) in [7, 11) is 0. The second kappa shape index (κ2) is 3.57. The van der Waals surface area contributed by atoms with Gasteiger partial charge >= 0.3 is 0 Å². The van der Waals surface area contributed by atoms with Crippen LogP contribution in [0.2, 0.25) is 0 Å². The van der Waals surface area contributed by atoms with Crippen LogP contribution in [0.3, 0.4) is 0 Å². The molecular weight excluding hydrogens is 234 g/mol. The average Bonchev–Trinajstić information content (AvgIpc) is 2.71. The standard InChI is InChI=1S/C8H6BrN3O/c9-7-4-10-12(6-7)11-5-8-2-1-3-13-8/h1-6H/b11-5+. The van der Waals surface area contributed by atoms with Gasteiger partial charge in [0.1, 0.15) is 5.76 Å². The molecule has 0 N–H and O–H groups in total. The van der Waals surface area contributed by atoms with Crippen molar-refractivity contribution in [1.29, 1.82) is 0 Å². The number of halogens is 1. The summed E-state index contributed by atoms with van der Waals surface area (Å²) in [5, 5.41) is 7.97. The normalized spacial score (nSPS) is 11.2. The van der Waals surface area contributed by atoms with E-state index in [2.05, 4.69) is 26.1 Å². The molecule has 5 heteroatoms. The lowest BCUT2D eigenvalue weighted by molar-refractivity contribution is 0.558. The quantitative estimate of drug-likeness (QED) is 0.754. The van der Waals surface area contributed by atoms with Crippen LogP contribution in [-0.4, -0.2) is 16.1 Å². The molecule has 2 rings (SSSR count). The Labute approximate surface area is 83.0 Å². The van der Waals surface area contributed by atoms with Crippen molar-refractivity contribution in [2.24, 2.45) is 5.10 Å². The lowest BCUT2D eigenvalue weighted by Crippen LogP contribution is -1.88. The van der Waals surface area contributed by atoms with E-state index in [0.717, 1.165) is 4.47 Å². The maximum atomic E-state index is 5.06. The van der Waals surface area contributed by atoms with Crippen molar-refractivity contribution in [3.8, 4) is 0 Å². The second-order valence-electron chi connectivity index (χ2n) is 2.34. The molecule has 0 atom stereocenters. The van der Waals surface area contributed by atoms with Gasteiger partial charge in [0.2, 0.25) is 0 Å². The molecule has 0 unspecified atom stereocenters. The first kappa shape index (κ1) is 8.25. The van der Waals surface area contributed by atoms with Crippen LogP contribution in [0, 0.1) is 0 Å². The fourth-order valence-electron chi connectivity index (χ4n) is 0.835. The summed E-state index contributed by atoms with van der Waals surface area (Å²) in [6.45, 7) is 0. The average molecular weight is 240 g/mol. The first-order valence-corrected chi connectivity index (χ1v) is 4.42. The zero-order valence-corrected chi connectivity index (χ0v) is 8.18. The Morgan fingerprint density at radius 1 is 1.62 bits per heavy atom.